The van der Waals surface area contributed by atoms with Crippen LogP contribution in [-0.2, 0) is 16.6 Å². The van der Waals surface area contributed by atoms with E-state index in [1.54, 1.807) is 6.26 Å². The van der Waals surface area contributed by atoms with Crippen molar-refractivity contribution < 1.29 is 9.00 Å². The van der Waals surface area contributed by atoms with Crippen LogP contribution in [0.5, 0.6) is 0 Å². The quantitative estimate of drug-likeness (QED) is 0.830. The Morgan fingerprint density at radius 1 is 1.47 bits per heavy atom. The molecule has 0 aliphatic heterocycles. The molecule has 1 aromatic rings. The second-order valence-corrected chi connectivity index (χ2v) is 6.85. The van der Waals surface area contributed by atoms with Crippen molar-refractivity contribution in [2.45, 2.75) is 31.6 Å². The number of amides is 1. The predicted octanol–water partition coefficient (Wildman–Crippen LogP) is 2.44. The minimum Gasteiger partial charge on any atom is -0.339 e. The van der Waals surface area contributed by atoms with Crippen LogP contribution in [0, 0.1) is 5.92 Å². The van der Waals surface area contributed by atoms with Crippen LogP contribution in [-0.4, -0.2) is 34.4 Å². The van der Waals surface area contributed by atoms with E-state index < -0.39 is 10.8 Å². The summed E-state index contributed by atoms with van der Waals surface area (Å²) < 4.78 is 11.2. The van der Waals surface area contributed by atoms with Crippen LogP contribution in [0.3, 0.4) is 0 Å². The standard InChI is InChI=1S/C15H21NO2S/c1-11(13-7-8-13)16(2)15(17)14-6-4-5-12(9-14)10-19(3)18/h4-6,9,11,13H,7-8,10H2,1-3H3/t11-,19-/m1/s1. The minimum atomic E-state index is -0.880. The fourth-order valence-electron chi connectivity index (χ4n) is 2.31. The summed E-state index contributed by atoms with van der Waals surface area (Å²) in [6.45, 7) is 2.11. The van der Waals surface area contributed by atoms with E-state index in [-0.39, 0.29) is 5.91 Å². The van der Waals surface area contributed by atoms with Gasteiger partial charge in [-0.15, -0.1) is 0 Å². The van der Waals surface area contributed by atoms with Gasteiger partial charge in [-0.25, -0.2) is 0 Å². The molecule has 0 unspecified atom stereocenters. The molecule has 104 valence electrons. The van der Waals surface area contributed by atoms with Gasteiger partial charge in [0, 0.05) is 41.5 Å². The summed E-state index contributed by atoms with van der Waals surface area (Å²) in [5, 5.41) is 0. The largest absolute Gasteiger partial charge is 0.339 e. The molecule has 2 rings (SSSR count). The second kappa shape index (κ2) is 5.87. The maximum Gasteiger partial charge on any atom is 0.253 e. The van der Waals surface area contributed by atoms with Gasteiger partial charge in [0.25, 0.3) is 5.91 Å². The van der Waals surface area contributed by atoms with Crippen LogP contribution in [0.1, 0.15) is 35.7 Å². The van der Waals surface area contributed by atoms with Gasteiger partial charge in [-0.1, -0.05) is 12.1 Å². The van der Waals surface area contributed by atoms with E-state index in [1.165, 1.54) is 12.8 Å². The topological polar surface area (TPSA) is 37.4 Å². The first-order valence-corrected chi connectivity index (χ1v) is 8.38. The molecular weight excluding hydrogens is 258 g/mol. The van der Waals surface area contributed by atoms with E-state index >= 15 is 0 Å². The number of carbonyl (C=O) groups excluding carboxylic acids is 1. The van der Waals surface area contributed by atoms with Gasteiger partial charge < -0.3 is 4.90 Å². The van der Waals surface area contributed by atoms with Crippen molar-refractivity contribution >= 4 is 16.7 Å². The third-order valence-corrected chi connectivity index (χ3v) is 4.52. The third-order valence-electron chi connectivity index (χ3n) is 3.78. The van der Waals surface area contributed by atoms with Gasteiger partial charge in [-0.05, 0) is 43.4 Å². The van der Waals surface area contributed by atoms with E-state index in [2.05, 4.69) is 6.92 Å². The lowest BCUT2D eigenvalue weighted by Crippen LogP contribution is -2.36. The van der Waals surface area contributed by atoms with Crippen LogP contribution in [0.2, 0.25) is 0 Å². The maximum atomic E-state index is 12.4. The lowest BCUT2D eigenvalue weighted by Gasteiger charge is -2.25. The van der Waals surface area contributed by atoms with Gasteiger partial charge in [-0.3, -0.25) is 9.00 Å². The van der Waals surface area contributed by atoms with Gasteiger partial charge in [0.15, 0.2) is 0 Å². The number of rotatable bonds is 5. The van der Waals surface area contributed by atoms with E-state index in [1.807, 2.05) is 36.2 Å². The van der Waals surface area contributed by atoms with E-state index in [4.69, 9.17) is 0 Å². The molecule has 1 fully saturated rings. The molecule has 0 heterocycles. The lowest BCUT2D eigenvalue weighted by atomic mass is 10.1. The van der Waals surface area contributed by atoms with Crippen molar-refractivity contribution in [3.8, 4) is 0 Å². The summed E-state index contributed by atoms with van der Waals surface area (Å²) in [6, 6.07) is 7.78. The first-order valence-electron chi connectivity index (χ1n) is 6.65. The van der Waals surface area contributed by atoms with Crippen molar-refractivity contribution in [3.63, 3.8) is 0 Å². The van der Waals surface area contributed by atoms with Crippen molar-refractivity contribution in [1.82, 2.24) is 4.90 Å². The Labute approximate surface area is 117 Å². The van der Waals surface area contributed by atoms with Crippen LogP contribution >= 0.6 is 0 Å². The number of hydrogen-bond donors (Lipinski definition) is 0. The molecule has 1 aromatic carbocycles. The molecule has 1 saturated carbocycles. The van der Waals surface area contributed by atoms with Crippen LogP contribution in [0.15, 0.2) is 24.3 Å². The molecule has 1 aliphatic carbocycles. The van der Waals surface area contributed by atoms with Crippen LogP contribution in [0.4, 0.5) is 0 Å². The van der Waals surface area contributed by atoms with Crippen LogP contribution < -0.4 is 0 Å². The molecular formula is C15H21NO2S. The van der Waals surface area contributed by atoms with Gasteiger partial charge in [-0.2, -0.15) is 0 Å². The van der Waals surface area contributed by atoms with Crippen LogP contribution in [0.25, 0.3) is 0 Å². The first-order chi connectivity index (χ1) is 8.99. The summed E-state index contributed by atoms with van der Waals surface area (Å²) in [6.07, 6.45) is 4.14. The zero-order chi connectivity index (χ0) is 14.0. The average molecular weight is 279 g/mol. The molecule has 0 radical (unpaired) electrons. The average Bonchev–Trinajstić information content (AvgIpc) is 3.20. The molecule has 0 bridgehead atoms. The molecule has 19 heavy (non-hydrogen) atoms. The Bertz CT molecular complexity index is 497. The first kappa shape index (κ1) is 14.3. The van der Waals surface area contributed by atoms with Gasteiger partial charge in [0.05, 0.1) is 0 Å². The van der Waals surface area contributed by atoms with E-state index in [0.29, 0.717) is 23.3 Å². The summed E-state index contributed by atoms with van der Waals surface area (Å²) >= 11 is 0. The number of hydrogen-bond acceptors (Lipinski definition) is 2. The Morgan fingerprint density at radius 3 is 2.74 bits per heavy atom. The lowest BCUT2D eigenvalue weighted by molar-refractivity contribution is 0.0727. The zero-order valence-corrected chi connectivity index (χ0v) is 12.6. The van der Waals surface area contributed by atoms with Crippen molar-refractivity contribution in [3.05, 3.63) is 35.4 Å². The smallest absolute Gasteiger partial charge is 0.253 e. The predicted molar refractivity (Wildman–Crippen MR) is 78.5 cm³/mol. The highest BCUT2D eigenvalue weighted by Gasteiger charge is 2.32. The number of nitrogens with zero attached hydrogens (tertiary/aromatic N) is 1. The normalized spacial score (nSPS) is 17.8. The van der Waals surface area contributed by atoms with Crippen molar-refractivity contribution in [2.24, 2.45) is 5.92 Å². The van der Waals surface area contributed by atoms with E-state index in [9.17, 15) is 9.00 Å². The van der Waals surface area contributed by atoms with Gasteiger partial charge >= 0.3 is 0 Å². The van der Waals surface area contributed by atoms with Gasteiger partial charge in [0.2, 0.25) is 0 Å². The molecule has 0 aromatic heterocycles. The third kappa shape index (κ3) is 3.66. The number of carbonyl (C=O) groups is 1. The summed E-state index contributed by atoms with van der Waals surface area (Å²) in [4.78, 5) is 14.2. The fourth-order valence-corrected chi connectivity index (χ4v) is 2.96. The van der Waals surface area contributed by atoms with Crippen molar-refractivity contribution in [2.75, 3.05) is 13.3 Å². The highest BCUT2D eigenvalue weighted by molar-refractivity contribution is 7.83. The zero-order valence-electron chi connectivity index (χ0n) is 11.8. The van der Waals surface area contributed by atoms with Gasteiger partial charge in [0.1, 0.15) is 0 Å². The summed E-state index contributed by atoms with van der Waals surface area (Å²) in [5.41, 5.74) is 1.65. The molecule has 3 nitrogen and oxygen atoms in total. The molecule has 4 heteroatoms. The monoisotopic (exact) mass is 279 g/mol. The fraction of sp³-hybridized carbons (Fsp3) is 0.533. The Hall–Kier alpha value is -1.16. The number of benzene rings is 1. The summed E-state index contributed by atoms with van der Waals surface area (Å²) in [5.74, 6) is 1.23. The maximum absolute atomic E-state index is 12.4. The highest BCUT2D eigenvalue weighted by atomic mass is 32.2. The molecule has 1 aliphatic rings. The molecule has 0 N–H and O–H groups in total. The Kier molecular flexibility index (Phi) is 4.40. The minimum absolute atomic E-state index is 0.0585. The molecule has 0 saturated heterocycles. The second-order valence-electron chi connectivity index (χ2n) is 5.41. The molecule has 0 spiro atoms. The summed E-state index contributed by atoms with van der Waals surface area (Å²) in [7, 11) is 0.991. The van der Waals surface area contributed by atoms with Crippen molar-refractivity contribution in [1.29, 1.82) is 0 Å². The Morgan fingerprint density at radius 2 is 2.16 bits per heavy atom. The SMILES string of the molecule is C[C@H](C1CC1)N(C)C(=O)c1cccc(C[S@@](C)=O)c1. The van der Waals surface area contributed by atoms with E-state index in [0.717, 1.165) is 5.56 Å². The molecule has 2 atom stereocenters. The molecule has 1 amide bonds. The highest BCUT2D eigenvalue weighted by Crippen LogP contribution is 2.35. The Balaban J connectivity index is 2.11.